The second kappa shape index (κ2) is 6.59. The van der Waals surface area contributed by atoms with Crippen molar-refractivity contribution in [1.82, 2.24) is 4.98 Å². The Kier molecular flexibility index (Phi) is 4.82. The number of halogens is 2. The summed E-state index contributed by atoms with van der Waals surface area (Å²) in [6.45, 7) is 0. The second-order valence-electron chi connectivity index (χ2n) is 4.00. The van der Waals surface area contributed by atoms with Gasteiger partial charge in [-0.3, -0.25) is 0 Å². The normalized spacial score (nSPS) is 11.8. The molecule has 0 radical (unpaired) electrons. The Morgan fingerprint density at radius 2 is 2.00 bits per heavy atom. The van der Waals surface area contributed by atoms with E-state index in [0.717, 1.165) is 5.56 Å². The van der Waals surface area contributed by atoms with Gasteiger partial charge in [0.25, 0.3) is 0 Å². The van der Waals surface area contributed by atoms with Crippen LogP contribution in [0.2, 0.25) is 10.0 Å². The Morgan fingerprint density at radius 3 is 2.60 bits per heavy atom. The van der Waals surface area contributed by atoms with Crippen LogP contribution in [0.1, 0.15) is 11.6 Å². The molecule has 20 heavy (non-hydrogen) atoms. The molecule has 0 saturated carbocycles. The van der Waals surface area contributed by atoms with Gasteiger partial charge in [0.2, 0.25) is 0 Å². The molecule has 1 N–H and O–H groups in total. The van der Waals surface area contributed by atoms with Gasteiger partial charge >= 0.3 is 5.97 Å². The standard InChI is InChI=1S/C14H12Cl2N2O2/c1-20-14(19)12(9-5-3-2-4-6-9)18-13-11(16)7-10(15)8-17-13/h2-8,12H,1H3,(H,17,18). The first-order valence-corrected chi connectivity index (χ1v) is 6.57. The topological polar surface area (TPSA) is 51.2 Å². The summed E-state index contributed by atoms with van der Waals surface area (Å²) < 4.78 is 4.80. The van der Waals surface area contributed by atoms with Crippen molar-refractivity contribution < 1.29 is 9.53 Å². The van der Waals surface area contributed by atoms with Crippen LogP contribution in [0.15, 0.2) is 42.6 Å². The van der Waals surface area contributed by atoms with E-state index in [1.165, 1.54) is 13.3 Å². The van der Waals surface area contributed by atoms with E-state index in [1.54, 1.807) is 6.07 Å². The average Bonchev–Trinajstić information content (AvgIpc) is 2.46. The summed E-state index contributed by atoms with van der Waals surface area (Å²) in [5.41, 5.74) is 0.757. The lowest BCUT2D eigenvalue weighted by atomic mass is 10.1. The number of benzene rings is 1. The van der Waals surface area contributed by atoms with Gasteiger partial charge < -0.3 is 10.1 Å². The molecule has 1 atom stereocenters. The van der Waals surface area contributed by atoms with Crippen LogP contribution < -0.4 is 5.32 Å². The van der Waals surface area contributed by atoms with E-state index in [-0.39, 0.29) is 0 Å². The van der Waals surface area contributed by atoms with Crippen LogP contribution in [0.5, 0.6) is 0 Å². The highest BCUT2D eigenvalue weighted by Crippen LogP contribution is 2.27. The van der Waals surface area contributed by atoms with Crippen molar-refractivity contribution >= 4 is 35.0 Å². The number of carbonyl (C=O) groups excluding carboxylic acids is 1. The highest BCUT2D eigenvalue weighted by Gasteiger charge is 2.22. The Hall–Kier alpha value is -1.78. The predicted octanol–water partition coefficient (Wildman–Crippen LogP) is 3.71. The van der Waals surface area contributed by atoms with Crippen LogP contribution in [0.4, 0.5) is 5.82 Å². The maximum atomic E-state index is 11.9. The number of nitrogens with one attached hydrogen (secondary N) is 1. The number of carbonyl (C=O) groups is 1. The summed E-state index contributed by atoms with van der Waals surface area (Å²) in [4.78, 5) is 16.0. The third-order valence-electron chi connectivity index (χ3n) is 2.66. The molecular weight excluding hydrogens is 299 g/mol. The number of aromatic nitrogens is 1. The first kappa shape index (κ1) is 14.6. The van der Waals surface area contributed by atoms with Gasteiger partial charge in [-0.2, -0.15) is 0 Å². The summed E-state index contributed by atoms with van der Waals surface area (Å²) in [6, 6.07) is 10.0. The van der Waals surface area contributed by atoms with Gasteiger partial charge in [-0.05, 0) is 11.6 Å². The smallest absolute Gasteiger partial charge is 0.333 e. The van der Waals surface area contributed by atoms with Crippen LogP contribution in [0, 0.1) is 0 Å². The number of hydrogen-bond donors (Lipinski definition) is 1. The SMILES string of the molecule is COC(=O)C(Nc1ncc(Cl)cc1Cl)c1ccccc1. The largest absolute Gasteiger partial charge is 0.467 e. The molecule has 0 bridgehead atoms. The van der Waals surface area contributed by atoms with E-state index in [0.29, 0.717) is 15.9 Å². The third-order valence-corrected chi connectivity index (χ3v) is 3.15. The molecule has 0 fully saturated rings. The molecular formula is C14H12Cl2N2O2. The molecule has 1 heterocycles. The lowest BCUT2D eigenvalue weighted by Gasteiger charge is -2.18. The third kappa shape index (κ3) is 3.40. The fourth-order valence-corrected chi connectivity index (χ4v) is 2.13. The molecule has 0 aliphatic rings. The van der Waals surface area contributed by atoms with Gasteiger partial charge in [0.1, 0.15) is 5.82 Å². The summed E-state index contributed by atoms with van der Waals surface area (Å²) in [5, 5.41) is 3.73. The predicted molar refractivity (Wildman–Crippen MR) is 79.1 cm³/mol. The van der Waals surface area contributed by atoms with E-state index in [1.807, 2.05) is 30.3 Å². The molecule has 0 aliphatic heterocycles. The van der Waals surface area contributed by atoms with Gasteiger partial charge in [-0.25, -0.2) is 9.78 Å². The van der Waals surface area contributed by atoms with Gasteiger partial charge in [0.05, 0.1) is 17.2 Å². The number of hydrogen-bond acceptors (Lipinski definition) is 4. The number of anilines is 1. The fraction of sp³-hybridized carbons (Fsp3) is 0.143. The lowest BCUT2D eigenvalue weighted by molar-refractivity contribution is -0.141. The summed E-state index contributed by atoms with van der Waals surface area (Å²) >= 11 is 11.8. The number of rotatable bonds is 4. The van der Waals surface area contributed by atoms with Crippen molar-refractivity contribution in [3.8, 4) is 0 Å². The molecule has 0 saturated heterocycles. The quantitative estimate of drug-likeness (QED) is 0.875. The molecule has 1 aromatic heterocycles. The highest BCUT2D eigenvalue weighted by atomic mass is 35.5. The van der Waals surface area contributed by atoms with Gasteiger partial charge in [0.15, 0.2) is 6.04 Å². The Morgan fingerprint density at radius 1 is 1.30 bits per heavy atom. The fourth-order valence-electron chi connectivity index (χ4n) is 1.70. The molecule has 6 heteroatoms. The minimum atomic E-state index is -0.688. The monoisotopic (exact) mass is 310 g/mol. The Bertz CT molecular complexity index is 605. The van der Waals surface area contributed by atoms with Crippen LogP contribution in [-0.2, 0) is 9.53 Å². The van der Waals surface area contributed by atoms with Gasteiger partial charge in [-0.15, -0.1) is 0 Å². The zero-order chi connectivity index (χ0) is 14.5. The van der Waals surface area contributed by atoms with Crippen LogP contribution in [0.25, 0.3) is 0 Å². The zero-order valence-corrected chi connectivity index (χ0v) is 12.2. The van der Waals surface area contributed by atoms with Crippen molar-refractivity contribution in [2.24, 2.45) is 0 Å². The number of methoxy groups -OCH3 is 1. The maximum absolute atomic E-state index is 11.9. The minimum absolute atomic E-state index is 0.335. The van der Waals surface area contributed by atoms with E-state index in [2.05, 4.69) is 10.3 Å². The molecule has 0 amide bonds. The number of esters is 1. The summed E-state index contributed by atoms with van der Waals surface area (Å²) in [5.74, 6) is -0.0562. The average molecular weight is 311 g/mol. The van der Waals surface area contributed by atoms with Crippen molar-refractivity contribution in [3.63, 3.8) is 0 Å². The molecule has 4 nitrogen and oxygen atoms in total. The Balaban J connectivity index is 2.31. The Labute approximate surface area is 126 Å². The van der Waals surface area contributed by atoms with Crippen molar-refractivity contribution in [3.05, 3.63) is 58.2 Å². The van der Waals surface area contributed by atoms with Crippen molar-refractivity contribution in [1.29, 1.82) is 0 Å². The van der Waals surface area contributed by atoms with Crippen LogP contribution in [0.3, 0.4) is 0 Å². The van der Waals surface area contributed by atoms with Gasteiger partial charge in [0, 0.05) is 6.20 Å². The molecule has 1 unspecified atom stereocenters. The molecule has 2 rings (SSSR count). The van der Waals surface area contributed by atoms with Gasteiger partial charge in [-0.1, -0.05) is 53.5 Å². The molecule has 104 valence electrons. The van der Waals surface area contributed by atoms with Crippen molar-refractivity contribution in [2.75, 3.05) is 12.4 Å². The summed E-state index contributed by atoms with van der Waals surface area (Å²) in [7, 11) is 1.33. The van der Waals surface area contributed by atoms with Crippen LogP contribution in [-0.4, -0.2) is 18.1 Å². The maximum Gasteiger partial charge on any atom is 0.333 e. The van der Waals surface area contributed by atoms with E-state index in [4.69, 9.17) is 27.9 Å². The lowest BCUT2D eigenvalue weighted by Crippen LogP contribution is -2.22. The molecule has 0 spiro atoms. The highest BCUT2D eigenvalue weighted by molar-refractivity contribution is 6.36. The van der Waals surface area contributed by atoms with E-state index >= 15 is 0 Å². The summed E-state index contributed by atoms with van der Waals surface area (Å²) in [6.07, 6.45) is 1.45. The first-order valence-electron chi connectivity index (χ1n) is 5.82. The first-order chi connectivity index (χ1) is 9.61. The molecule has 0 aliphatic carbocycles. The number of ether oxygens (including phenoxy) is 1. The molecule has 1 aromatic carbocycles. The second-order valence-corrected chi connectivity index (χ2v) is 4.84. The molecule has 2 aromatic rings. The van der Waals surface area contributed by atoms with E-state index in [9.17, 15) is 4.79 Å². The number of pyridine rings is 1. The minimum Gasteiger partial charge on any atom is -0.467 e. The van der Waals surface area contributed by atoms with E-state index < -0.39 is 12.0 Å². The number of nitrogens with zero attached hydrogens (tertiary/aromatic N) is 1. The zero-order valence-electron chi connectivity index (χ0n) is 10.6. The van der Waals surface area contributed by atoms with Crippen LogP contribution >= 0.6 is 23.2 Å². The van der Waals surface area contributed by atoms with Crippen molar-refractivity contribution in [2.45, 2.75) is 6.04 Å².